The zero-order chi connectivity index (χ0) is 24.7. The number of para-hydroxylation sites is 1. The third kappa shape index (κ3) is 3.65. The van der Waals surface area contributed by atoms with Crippen molar-refractivity contribution < 1.29 is 14.3 Å². The summed E-state index contributed by atoms with van der Waals surface area (Å²) in [6.45, 7) is 6.29. The first-order chi connectivity index (χ1) is 17.0. The molecule has 1 amide bonds. The summed E-state index contributed by atoms with van der Waals surface area (Å²) in [5, 5.41) is 0. The van der Waals surface area contributed by atoms with E-state index in [1.165, 1.54) is 15.9 Å². The molecule has 7 nitrogen and oxygen atoms in total. The van der Waals surface area contributed by atoms with Crippen LogP contribution in [0.4, 0.5) is 5.69 Å². The molecule has 178 valence electrons. The average Bonchev–Trinajstić information content (AvgIpc) is 3.32. The first-order valence-electron chi connectivity index (χ1n) is 11.7. The number of nitrogens with zero attached hydrogens (tertiary/aromatic N) is 3. The molecule has 3 aromatic rings. The van der Waals surface area contributed by atoms with Crippen LogP contribution >= 0.6 is 11.3 Å². The fourth-order valence-corrected chi connectivity index (χ4v) is 5.87. The maximum absolute atomic E-state index is 14.0. The molecule has 2 aliphatic heterocycles. The molecule has 1 atom stereocenters. The number of hydrogen-bond donors (Lipinski definition) is 0. The number of ether oxygens (including phenoxy) is 1. The number of allylic oxidation sites excluding steroid dienone is 1. The van der Waals surface area contributed by atoms with Gasteiger partial charge in [0, 0.05) is 12.1 Å². The van der Waals surface area contributed by atoms with E-state index in [-0.39, 0.29) is 18.1 Å². The summed E-state index contributed by atoms with van der Waals surface area (Å²) in [5.41, 5.74) is 3.20. The summed E-state index contributed by atoms with van der Waals surface area (Å²) in [4.78, 5) is 47.3. The zero-order valence-corrected chi connectivity index (χ0v) is 20.6. The Morgan fingerprint density at radius 1 is 1.06 bits per heavy atom. The summed E-state index contributed by atoms with van der Waals surface area (Å²) in [6.07, 6.45) is 0.796. The number of esters is 1. The molecule has 0 saturated heterocycles. The Balaban J connectivity index is 1.81. The fourth-order valence-electron chi connectivity index (χ4n) is 4.74. The van der Waals surface area contributed by atoms with Crippen LogP contribution in [0, 0.1) is 0 Å². The molecule has 35 heavy (non-hydrogen) atoms. The standard InChI is InChI=1S/C27H25N3O4S/c1-4-15-29-19-14-10-9-13-18(19)21(24(29)31)23-25(32)30-22(17-11-7-6-8-12-17)20(26(33)34-5-2)16(3)28-27(30)35-23/h6-14,22H,4-5,15H2,1-3H3/t22-/m0/s1. The van der Waals surface area contributed by atoms with Gasteiger partial charge >= 0.3 is 5.97 Å². The Morgan fingerprint density at radius 3 is 2.49 bits per heavy atom. The van der Waals surface area contributed by atoms with Crippen LogP contribution < -0.4 is 19.8 Å². The van der Waals surface area contributed by atoms with Gasteiger partial charge in [0.15, 0.2) is 4.80 Å². The van der Waals surface area contributed by atoms with Crippen molar-refractivity contribution in [3.8, 4) is 0 Å². The maximum atomic E-state index is 14.0. The van der Waals surface area contributed by atoms with Crippen molar-refractivity contribution in [3.63, 3.8) is 0 Å². The predicted octanol–water partition coefficient (Wildman–Crippen LogP) is 2.93. The lowest BCUT2D eigenvalue weighted by Gasteiger charge is -2.24. The number of thiazole rings is 1. The zero-order valence-electron chi connectivity index (χ0n) is 19.8. The third-order valence-corrected chi connectivity index (χ3v) is 7.26. The molecule has 0 aliphatic carbocycles. The largest absolute Gasteiger partial charge is 0.463 e. The quantitative estimate of drug-likeness (QED) is 0.519. The van der Waals surface area contributed by atoms with E-state index in [1.54, 1.807) is 18.7 Å². The number of amides is 1. The number of anilines is 1. The van der Waals surface area contributed by atoms with E-state index >= 15 is 0 Å². The number of hydrogen-bond acceptors (Lipinski definition) is 6. The van der Waals surface area contributed by atoms with Gasteiger partial charge in [0.05, 0.1) is 35.2 Å². The molecular weight excluding hydrogens is 462 g/mol. The van der Waals surface area contributed by atoms with Crippen LogP contribution in [0.25, 0.3) is 5.57 Å². The third-order valence-electron chi connectivity index (χ3n) is 6.21. The van der Waals surface area contributed by atoms with Gasteiger partial charge in [-0.3, -0.25) is 14.2 Å². The van der Waals surface area contributed by atoms with Crippen LogP contribution in [0.3, 0.4) is 0 Å². The van der Waals surface area contributed by atoms with Gasteiger partial charge in [0.2, 0.25) is 0 Å². The fraction of sp³-hybridized carbons (Fsp3) is 0.259. The van der Waals surface area contributed by atoms with Crippen molar-refractivity contribution in [3.05, 3.63) is 96.7 Å². The molecule has 0 radical (unpaired) electrons. The van der Waals surface area contributed by atoms with Crippen molar-refractivity contribution in [2.45, 2.75) is 33.2 Å². The minimum absolute atomic E-state index is 0.184. The Morgan fingerprint density at radius 2 is 1.77 bits per heavy atom. The highest BCUT2D eigenvalue weighted by molar-refractivity contribution is 7.07. The average molecular weight is 488 g/mol. The Bertz CT molecular complexity index is 1550. The van der Waals surface area contributed by atoms with Gasteiger partial charge in [0.1, 0.15) is 4.53 Å². The van der Waals surface area contributed by atoms with Gasteiger partial charge in [-0.15, -0.1) is 0 Å². The predicted molar refractivity (Wildman–Crippen MR) is 135 cm³/mol. The highest BCUT2D eigenvalue weighted by Crippen LogP contribution is 2.35. The Hall–Kier alpha value is -3.78. The van der Waals surface area contributed by atoms with Crippen LogP contribution in [-0.2, 0) is 14.3 Å². The van der Waals surface area contributed by atoms with Crippen LogP contribution in [-0.4, -0.2) is 29.6 Å². The van der Waals surface area contributed by atoms with Crippen LogP contribution in [0.15, 0.2) is 75.7 Å². The first kappa shape index (κ1) is 23.0. The molecule has 1 aromatic heterocycles. The maximum Gasteiger partial charge on any atom is 0.338 e. The van der Waals surface area contributed by atoms with E-state index in [9.17, 15) is 14.4 Å². The highest BCUT2D eigenvalue weighted by atomic mass is 32.1. The number of fused-ring (bicyclic) bond motifs is 2. The van der Waals surface area contributed by atoms with Gasteiger partial charge in [0.25, 0.3) is 11.5 Å². The molecule has 0 unspecified atom stereocenters. The smallest absolute Gasteiger partial charge is 0.338 e. The number of carbonyl (C=O) groups is 2. The van der Waals surface area contributed by atoms with E-state index in [0.29, 0.717) is 32.7 Å². The van der Waals surface area contributed by atoms with Crippen LogP contribution in [0.2, 0.25) is 0 Å². The molecule has 2 aromatic carbocycles. The molecular formula is C27H25N3O4S. The summed E-state index contributed by atoms with van der Waals surface area (Å²) >= 11 is 1.19. The van der Waals surface area contributed by atoms with Crippen LogP contribution in [0.5, 0.6) is 0 Å². The lowest BCUT2D eigenvalue weighted by Crippen LogP contribution is -2.41. The summed E-state index contributed by atoms with van der Waals surface area (Å²) in [7, 11) is 0. The summed E-state index contributed by atoms with van der Waals surface area (Å²) in [6, 6.07) is 16.2. The second-order valence-electron chi connectivity index (χ2n) is 8.38. The van der Waals surface area contributed by atoms with E-state index in [4.69, 9.17) is 4.74 Å². The SMILES string of the molecule is CCCN1C(=O)C(=c2sc3n(c2=O)[C@@H](c2ccccc2)C(C(=O)OCC)=C(C)N=3)c2ccccc21. The molecule has 0 N–H and O–H groups in total. The highest BCUT2D eigenvalue weighted by Gasteiger charge is 2.37. The topological polar surface area (TPSA) is 81.0 Å². The van der Waals surface area contributed by atoms with Crippen molar-refractivity contribution >= 4 is 34.5 Å². The van der Waals surface area contributed by atoms with Gasteiger partial charge < -0.3 is 9.64 Å². The molecule has 0 spiro atoms. The lowest BCUT2D eigenvalue weighted by atomic mass is 9.96. The molecule has 0 bridgehead atoms. The van der Waals surface area contributed by atoms with Crippen molar-refractivity contribution in [1.82, 2.24) is 4.57 Å². The molecule has 5 rings (SSSR count). The lowest BCUT2D eigenvalue weighted by molar-refractivity contribution is -0.139. The minimum Gasteiger partial charge on any atom is -0.463 e. The molecule has 0 fully saturated rings. The van der Waals surface area contributed by atoms with E-state index < -0.39 is 12.0 Å². The summed E-state index contributed by atoms with van der Waals surface area (Å²) < 4.78 is 7.19. The number of carbonyl (C=O) groups excluding carboxylic acids is 2. The van der Waals surface area contributed by atoms with Crippen molar-refractivity contribution in [1.29, 1.82) is 0 Å². The van der Waals surface area contributed by atoms with Gasteiger partial charge in [-0.05, 0) is 31.9 Å². The number of rotatable bonds is 5. The monoisotopic (exact) mass is 487 g/mol. The second kappa shape index (κ2) is 9.11. The van der Waals surface area contributed by atoms with E-state index in [0.717, 1.165) is 23.2 Å². The molecule has 3 heterocycles. The normalized spacial score (nSPS) is 18.3. The summed E-state index contributed by atoms with van der Waals surface area (Å²) in [5.74, 6) is -0.687. The molecule has 0 saturated carbocycles. The molecule has 2 aliphatic rings. The minimum atomic E-state index is -0.695. The van der Waals surface area contributed by atoms with Crippen molar-refractivity contribution in [2.75, 3.05) is 18.1 Å². The van der Waals surface area contributed by atoms with Gasteiger partial charge in [-0.1, -0.05) is 66.8 Å². The Labute approximate surface area is 206 Å². The number of benzene rings is 2. The van der Waals surface area contributed by atoms with Crippen molar-refractivity contribution in [2.24, 2.45) is 4.99 Å². The molecule has 8 heteroatoms. The first-order valence-corrected chi connectivity index (χ1v) is 12.5. The Kier molecular flexibility index (Phi) is 5.98. The van der Waals surface area contributed by atoms with Gasteiger partial charge in [-0.25, -0.2) is 9.79 Å². The van der Waals surface area contributed by atoms with Gasteiger partial charge in [-0.2, -0.15) is 0 Å². The second-order valence-corrected chi connectivity index (χ2v) is 9.36. The van der Waals surface area contributed by atoms with E-state index in [1.807, 2.05) is 61.5 Å². The van der Waals surface area contributed by atoms with E-state index in [2.05, 4.69) is 4.99 Å². The van der Waals surface area contributed by atoms with Crippen LogP contribution in [0.1, 0.15) is 44.4 Å². The number of aromatic nitrogens is 1.